The van der Waals surface area contributed by atoms with Crippen LogP contribution in [0.4, 0.5) is 5.69 Å². The highest BCUT2D eigenvalue weighted by Gasteiger charge is 2.18. The molecule has 0 amide bonds. The Kier molecular flexibility index (Phi) is 5.17. The zero-order valence-electron chi connectivity index (χ0n) is 13.5. The summed E-state index contributed by atoms with van der Waals surface area (Å²) >= 11 is 1.40. The molecule has 126 valence electrons. The van der Waals surface area contributed by atoms with E-state index in [1.165, 1.54) is 17.7 Å². The molecule has 0 aliphatic heterocycles. The smallest absolute Gasteiger partial charge is 0.127 e. The lowest BCUT2D eigenvalue weighted by molar-refractivity contribution is 0.200. The summed E-state index contributed by atoms with van der Waals surface area (Å²) in [4.78, 5) is 13.5. The number of methoxy groups -OCH3 is 1. The van der Waals surface area contributed by atoms with E-state index in [2.05, 4.69) is 15.0 Å². The van der Waals surface area contributed by atoms with Crippen molar-refractivity contribution in [3.8, 4) is 11.3 Å². The Hall–Kier alpha value is -1.90. The fourth-order valence-electron chi connectivity index (χ4n) is 2.47. The molecule has 0 spiro atoms. The lowest BCUT2D eigenvalue weighted by Gasteiger charge is -2.03. The molecule has 8 heteroatoms. The molecule has 0 saturated heterocycles. The first-order chi connectivity index (χ1) is 11.6. The number of ether oxygens (including phenoxy) is 1. The summed E-state index contributed by atoms with van der Waals surface area (Å²) in [7, 11) is 0.498. The Morgan fingerprint density at radius 3 is 2.79 bits per heavy atom. The molecule has 3 rings (SSSR count). The van der Waals surface area contributed by atoms with Crippen LogP contribution >= 0.6 is 11.3 Å². The van der Waals surface area contributed by atoms with Gasteiger partial charge in [0.2, 0.25) is 0 Å². The standard InChI is InChI=1S/C16H18N4O2S2/c1-10-6-12(11-7-18-9-19-8-11)20-15-13(10)14(17)16(23-15)24(21)5-3-4-22-2/h6-9H,3-5,17H2,1-2H3. The van der Waals surface area contributed by atoms with Gasteiger partial charge in [-0.1, -0.05) is 0 Å². The van der Waals surface area contributed by atoms with Crippen molar-refractivity contribution >= 4 is 38.0 Å². The Labute approximate surface area is 146 Å². The number of hydrogen-bond acceptors (Lipinski definition) is 7. The predicted octanol–water partition coefficient (Wildman–Crippen LogP) is 2.79. The number of aryl methyl sites for hydroxylation is 1. The second-order valence-electron chi connectivity index (χ2n) is 5.33. The van der Waals surface area contributed by atoms with Crippen molar-refractivity contribution in [1.82, 2.24) is 15.0 Å². The Bertz CT molecular complexity index is 881. The van der Waals surface area contributed by atoms with E-state index in [1.54, 1.807) is 19.5 Å². The van der Waals surface area contributed by atoms with Gasteiger partial charge in [0.1, 0.15) is 15.4 Å². The van der Waals surface area contributed by atoms with Gasteiger partial charge < -0.3 is 10.5 Å². The maximum atomic E-state index is 12.5. The van der Waals surface area contributed by atoms with Crippen LogP contribution in [0.2, 0.25) is 0 Å². The van der Waals surface area contributed by atoms with Crippen LogP contribution in [-0.4, -0.2) is 38.6 Å². The average Bonchev–Trinajstić information content (AvgIpc) is 2.93. The van der Waals surface area contributed by atoms with Gasteiger partial charge in [-0.2, -0.15) is 0 Å². The number of thiophene rings is 1. The first-order valence-corrected chi connectivity index (χ1v) is 9.57. The predicted molar refractivity (Wildman–Crippen MR) is 97.6 cm³/mol. The third-order valence-electron chi connectivity index (χ3n) is 3.60. The van der Waals surface area contributed by atoms with Crippen LogP contribution in [0.3, 0.4) is 0 Å². The van der Waals surface area contributed by atoms with Gasteiger partial charge in [-0.25, -0.2) is 15.0 Å². The minimum Gasteiger partial charge on any atom is -0.396 e. The summed E-state index contributed by atoms with van der Waals surface area (Å²) in [5.41, 5.74) is 9.47. The van der Waals surface area contributed by atoms with Gasteiger partial charge in [0.15, 0.2) is 0 Å². The number of aromatic nitrogens is 3. The van der Waals surface area contributed by atoms with Crippen molar-refractivity contribution in [3.05, 3.63) is 30.4 Å². The molecule has 0 aromatic carbocycles. The first kappa shape index (κ1) is 16.9. The van der Waals surface area contributed by atoms with E-state index < -0.39 is 10.8 Å². The quantitative estimate of drug-likeness (QED) is 0.678. The number of nitrogens with zero attached hydrogens (tertiary/aromatic N) is 3. The Morgan fingerprint density at radius 1 is 1.33 bits per heavy atom. The van der Waals surface area contributed by atoms with Crippen molar-refractivity contribution in [2.45, 2.75) is 17.6 Å². The van der Waals surface area contributed by atoms with Crippen LogP contribution in [0.15, 0.2) is 29.0 Å². The average molecular weight is 362 g/mol. The summed E-state index contributed by atoms with van der Waals surface area (Å²) < 4.78 is 18.2. The molecule has 6 nitrogen and oxygen atoms in total. The largest absolute Gasteiger partial charge is 0.396 e. The number of nitrogens with two attached hydrogens (primary N) is 1. The van der Waals surface area contributed by atoms with Crippen LogP contribution in [0, 0.1) is 6.92 Å². The highest BCUT2D eigenvalue weighted by Crippen LogP contribution is 2.38. The topological polar surface area (TPSA) is 91.0 Å². The van der Waals surface area contributed by atoms with Gasteiger partial charge >= 0.3 is 0 Å². The molecule has 0 saturated carbocycles. The number of pyridine rings is 1. The third-order valence-corrected chi connectivity index (χ3v) is 6.60. The summed E-state index contributed by atoms with van der Waals surface area (Å²) in [5.74, 6) is 0.531. The van der Waals surface area contributed by atoms with Crippen molar-refractivity contribution in [3.63, 3.8) is 0 Å². The van der Waals surface area contributed by atoms with Crippen molar-refractivity contribution in [2.24, 2.45) is 0 Å². The lowest BCUT2D eigenvalue weighted by Crippen LogP contribution is -2.02. The van der Waals surface area contributed by atoms with Crippen LogP contribution in [0.25, 0.3) is 21.5 Å². The third kappa shape index (κ3) is 3.31. The fraction of sp³-hybridized carbons (Fsp3) is 0.312. The summed E-state index contributed by atoms with van der Waals surface area (Å²) in [6.07, 6.45) is 5.66. The van der Waals surface area contributed by atoms with E-state index in [4.69, 9.17) is 10.5 Å². The van der Waals surface area contributed by atoms with E-state index in [0.717, 1.165) is 33.5 Å². The van der Waals surface area contributed by atoms with E-state index >= 15 is 0 Å². The minimum atomic E-state index is -1.14. The maximum absolute atomic E-state index is 12.5. The van der Waals surface area contributed by atoms with E-state index in [9.17, 15) is 4.21 Å². The number of rotatable bonds is 6. The molecular formula is C16H18N4O2S2. The second kappa shape index (κ2) is 7.33. The highest BCUT2D eigenvalue weighted by molar-refractivity contribution is 7.87. The molecule has 3 aromatic rings. The minimum absolute atomic E-state index is 0.531. The number of anilines is 1. The number of hydrogen-bond donors (Lipinski definition) is 1. The molecule has 1 atom stereocenters. The van der Waals surface area contributed by atoms with Gasteiger partial charge in [-0.15, -0.1) is 11.3 Å². The highest BCUT2D eigenvalue weighted by atomic mass is 32.2. The second-order valence-corrected chi connectivity index (χ2v) is 8.10. The molecule has 0 fully saturated rings. The first-order valence-electron chi connectivity index (χ1n) is 7.44. The molecule has 3 heterocycles. The van der Waals surface area contributed by atoms with Crippen LogP contribution in [-0.2, 0) is 15.5 Å². The van der Waals surface area contributed by atoms with Crippen LogP contribution < -0.4 is 5.73 Å². The SMILES string of the molecule is COCCCS(=O)c1sc2nc(-c3cncnc3)cc(C)c2c1N. The summed E-state index contributed by atoms with van der Waals surface area (Å²) in [6.45, 7) is 2.57. The van der Waals surface area contributed by atoms with Crippen molar-refractivity contribution < 1.29 is 8.95 Å². The van der Waals surface area contributed by atoms with Crippen molar-refractivity contribution in [1.29, 1.82) is 0 Å². The van der Waals surface area contributed by atoms with E-state index in [-0.39, 0.29) is 0 Å². The van der Waals surface area contributed by atoms with E-state index in [1.807, 2.05) is 13.0 Å². The zero-order valence-corrected chi connectivity index (χ0v) is 15.1. The monoisotopic (exact) mass is 362 g/mol. The maximum Gasteiger partial charge on any atom is 0.127 e. The van der Waals surface area contributed by atoms with Crippen LogP contribution in [0.5, 0.6) is 0 Å². The molecule has 3 aromatic heterocycles. The molecule has 24 heavy (non-hydrogen) atoms. The van der Waals surface area contributed by atoms with Crippen LogP contribution in [0.1, 0.15) is 12.0 Å². The molecule has 1 unspecified atom stereocenters. The molecular weight excluding hydrogens is 344 g/mol. The molecule has 0 aliphatic rings. The fourth-order valence-corrected chi connectivity index (χ4v) is 5.14. The summed E-state index contributed by atoms with van der Waals surface area (Å²) in [6, 6.07) is 1.96. The Balaban J connectivity index is 2.01. The van der Waals surface area contributed by atoms with Crippen molar-refractivity contribution in [2.75, 3.05) is 25.2 Å². The Morgan fingerprint density at radius 2 is 2.08 bits per heavy atom. The van der Waals surface area contributed by atoms with Gasteiger partial charge in [0.25, 0.3) is 0 Å². The zero-order chi connectivity index (χ0) is 17.1. The van der Waals surface area contributed by atoms with E-state index in [0.29, 0.717) is 22.3 Å². The lowest BCUT2D eigenvalue weighted by atomic mass is 10.1. The van der Waals surface area contributed by atoms with Gasteiger partial charge in [-0.3, -0.25) is 4.21 Å². The van der Waals surface area contributed by atoms with Gasteiger partial charge in [0.05, 0.1) is 22.2 Å². The summed E-state index contributed by atoms with van der Waals surface area (Å²) in [5, 5.41) is 0.885. The van der Waals surface area contributed by atoms with Gasteiger partial charge in [-0.05, 0) is 25.0 Å². The van der Waals surface area contributed by atoms with Gasteiger partial charge in [0, 0.05) is 42.8 Å². The molecule has 0 radical (unpaired) electrons. The number of fused-ring (bicyclic) bond motifs is 1. The molecule has 0 bridgehead atoms. The molecule has 2 N–H and O–H groups in total. The normalized spacial score (nSPS) is 12.6. The number of nitrogen functional groups attached to an aromatic ring is 1. The molecule has 0 aliphatic carbocycles.